The van der Waals surface area contributed by atoms with Gasteiger partial charge in [0, 0.05) is 12.1 Å². The van der Waals surface area contributed by atoms with Crippen LogP contribution in [-0.4, -0.2) is 40.8 Å². The Morgan fingerprint density at radius 1 is 1.21 bits per heavy atom. The van der Waals surface area contributed by atoms with E-state index in [4.69, 9.17) is 9.72 Å². The Bertz CT molecular complexity index is 838. The summed E-state index contributed by atoms with van der Waals surface area (Å²) in [5.41, 5.74) is 1.91. The van der Waals surface area contributed by atoms with Crippen LogP contribution in [0.25, 0.3) is 16.9 Å². The average Bonchev–Trinajstić information content (AvgIpc) is 3.06. The highest BCUT2D eigenvalue weighted by molar-refractivity contribution is 5.78. The summed E-state index contributed by atoms with van der Waals surface area (Å²) in [7, 11) is 1.66. The van der Waals surface area contributed by atoms with E-state index in [0.717, 1.165) is 54.3 Å². The number of nitrogens with one attached hydrogen (secondary N) is 2. The second-order valence-corrected chi connectivity index (χ2v) is 6.02. The zero-order valence-corrected chi connectivity index (χ0v) is 13.7. The number of anilines is 1. The van der Waals surface area contributed by atoms with Crippen molar-refractivity contribution in [1.82, 2.24) is 19.9 Å². The SMILES string of the molecule is COc1ccc2c(c1)ncn2-c1cccc(NC2CCNCC2)n1. The fourth-order valence-electron chi connectivity index (χ4n) is 3.12. The van der Waals surface area contributed by atoms with Crippen molar-refractivity contribution in [2.75, 3.05) is 25.5 Å². The molecule has 1 fully saturated rings. The molecule has 0 amide bonds. The van der Waals surface area contributed by atoms with Crippen molar-refractivity contribution in [3.05, 3.63) is 42.7 Å². The van der Waals surface area contributed by atoms with Crippen molar-refractivity contribution in [3.63, 3.8) is 0 Å². The molecule has 124 valence electrons. The van der Waals surface area contributed by atoms with Crippen LogP contribution in [0.15, 0.2) is 42.7 Å². The van der Waals surface area contributed by atoms with Crippen molar-refractivity contribution >= 4 is 16.9 Å². The Balaban J connectivity index is 1.63. The predicted octanol–water partition coefficient (Wildman–Crippen LogP) is 2.59. The lowest BCUT2D eigenvalue weighted by atomic mass is 10.1. The fourth-order valence-corrected chi connectivity index (χ4v) is 3.12. The second kappa shape index (κ2) is 6.49. The summed E-state index contributed by atoms with van der Waals surface area (Å²) in [4.78, 5) is 9.23. The van der Waals surface area contributed by atoms with Crippen molar-refractivity contribution in [1.29, 1.82) is 0 Å². The van der Waals surface area contributed by atoms with Gasteiger partial charge in [-0.1, -0.05) is 6.07 Å². The van der Waals surface area contributed by atoms with Crippen LogP contribution < -0.4 is 15.4 Å². The zero-order valence-electron chi connectivity index (χ0n) is 13.7. The number of pyridine rings is 1. The van der Waals surface area contributed by atoms with E-state index in [9.17, 15) is 0 Å². The third-order valence-corrected chi connectivity index (χ3v) is 4.43. The number of hydrogen-bond acceptors (Lipinski definition) is 5. The van der Waals surface area contributed by atoms with E-state index in [-0.39, 0.29) is 0 Å². The highest BCUT2D eigenvalue weighted by Gasteiger charge is 2.13. The summed E-state index contributed by atoms with van der Waals surface area (Å²) >= 11 is 0. The molecule has 0 saturated carbocycles. The van der Waals surface area contributed by atoms with Gasteiger partial charge in [0.1, 0.15) is 23.7 Å². The molecular weight excluding hydrogens is 302 g/mol. The van der Waals surface area contributed by atoms with E-state index in [1.54, 1.807) is 13.4 Å². The lowest BCUT2D eigenvalue weighted by Gasteiger charge is -2.24. The first kappa shape index (κ1) is 15.0. The minimum atomic E-state index is 0.484. The summed E-state index contributed by atoms with van der Waals surface area (Å²) in [6, 6.07) is 12.4. The molecule has 2 aromatic heterocycles. The Morgan fingerprint density at radius 2 is 2.08 bits per heavy atom. The minimum absolute atomic E-state index is 0.484. The van der Waals surface area contributed by atoms with Crippen molar-refractivity contribution < 1.29 is 4.74 Å². The average molecular weight is 323 g/mol. The molecule has 0 spiro atoms. The lowest BCUT2D eigenvalue weighted by molar-refractivity contribution is 0.415. The molecular formula is C18H21N5O. The summed E-state index contributed by atoms with van der Waals surface area (Å²) in [6.45, 7) is 2.12. The molecule has 0 atom stereocenters. The molecule has 4 rings (SSSR count). The van der Waals surface area contributed by atoms with Gasteiger partial charge in [-0.3, -0.25) is 4.57 Å². The molecule has 0 bridgehead atoms. The van der Waals surface area contributed by atoms with Gasteiger partial charge in [-0.15, -0.1) is 0 Å². The molecule has 0 unspecified atom stereocenters. The first-order valence-corrected chi connectivity index (χ1v) is 8.29. The Hall–Kier alpha value is -2.60. The molecule has 1 aliphatic heterocycles. The number of ether oxygens (including phenoxy) is 1. The lowest BCUT2D eigenvalue weighted by Crippen LogP contribution is -2.35. The van der Waals surface area contributed by atoms with Gasteiger partial charge in [0.2, 0.25) is 0 Å². The van der Waals surface area contributed by atoms with Gasteiger partial charge in [-0.2, -0.15) is 0 Å². The fraction of sp³-hybridized carbons (Fsp3) is 0.333. The Morgan fingerprint density at radius 3 is 2.92 bits per heavy atom. The number of rotatable bonds is 4. The molecule has 0 aliphatic carbocycles. The van der Waals surface area contributed by atoms with Crippen LogP contribution in [0.5, 0.6) is 5.75 Å². The Kier molecular flexibility index (Phi) is 4.04. The molecule has 3 aromatic rings. The van der Waals surface area contributed by atoms with Gasteiger partial charge < -0.3 is 15.4 Å². The molecule has 1 aliphatic rings. The zero-order chi connectivity index (χ0) is 16.4. The maximum atomic E-state index is 5.26. The molecule has 3 heterocycles. The number of methoxy groups -OCH3 is 1. The molecule has 1 aromatic carbocycles. The number of piperidine rings is 1. The number of hydrogen-bond donors (Lipinski definition) is 2. The number of fused-ring (bicyclic) bond motifs is 1. The predicted molar refractivity (Wildman–Crippen MR) is 94.9 cm³/mol. The van der Waals surface area contributed by atoms with Crippen molar-refractivity contribution in [2.24, 2.45) is 0 Å². The van der Waals surface area contributed by atoms with Gasteiger partial charge >= 0.3 is 0 Å². The van der Waals surface area contributed by atoms with Crippen LogP contribution in [0, 0.1) is 0 Å². The first-order valence-electron chi connectivity index (χ1n) is 8.29. The topological polar surface area (TPSA) is 64.0 Å². The standard InChI is InChI=1S/C18H21N5O/c1-24-14-5-6-16-15(11-14)20-12-23(16)18-4-2-3-17(22-18)21-13-7-9-19-10-8-13/h2-6,11-13,19H,7-10H2,1H3,(H,21,22). The highest BCUT2D eigenvalue weighted by atomic mass is 16.5. The molecule has 24 heavy (non-hydrogen) atoms. The normalized spacial score (nSPS) is 15.5. The maximum Gasteiger partial charge on any atom is 0.140 e. The van der Waals surface area contributed by atoms with Crippen LogP contribution in [0.1, 0.15) is 12.8 Å². The van der Waals surface area contributed by atoms with Gasteiger partial charge in [0.05, 0.1) is 18.1 Å². The van der Waals surface area contributed by atoms with Gasteiger partial charge in [0.15, 0.2) is 0 Å². The summed E-state index contributed by atoms with van der Waals surface area (Å²) in [6.07, 6.45) is 4.06. The third-order valence-electron chi connectivity index (χ3n) is 4.43. The third kappa shape index (κ3) is 2.92. The minimum Gasteiger partial charge on any atom is -0.497 e. The van der Waals surface area contributed by atoms with Gasteiger partial charge in [0.25, 0.3) is 0 Å². The van der Waals surface area contributed by atoms with Gasteiger partial charge in [-0.05, 0) is 50.2 Å². The van der Waals surface area contributed by atoms with E-state index < -0.39 is 0 Å². The largest absolute Gasteiger partial charge is 0.497 e. The highest BCUT2D eigenvalue weighted by Crippen LogP contribution is 2.22. The molecule has 6 heteroatoms. The summed E-state index contributed by atoms with van der Waals surface area (Å²) in [5.74, 6) is 2.58. The van der Waals surface area contributed by atoms with Crippen LogP contribution in [0.4, 0.5) is 5.82 Å². The summed E-state index contributed by atoms with van der Waals surface area (Å²) < 4.78 is 7.26. The van der Waals surface area contributed by atoms with Crippen molar-refractivity contribution in [3.8, 4) is 11.6 Å². The number of aromatic nitrogens is 3. The van der Waals surface area contributed by atoms with E-state index >= 15 is 0 Å². The molecule has 2 N–H and O–H groups in total. The van der Waals surface area contributed by atoms with Crippen LogP contribution >= 0.6 is 0 Å². The van der Waals surface area contributed by atoms with E-state index in [0.29, 0.717) is 6.04 Å². The van der Waals surface area contributed by atoms with E-state index in [1.165, 1.54) is 0 Å². The maximum absolute atomic E-state index is 5.26. The van der Waals surface area contributed by atoms with Gasteiger partial charge in [-0.25, -0.2) is 9.97 Å². The second-order valence-electron chi connectivity index (χ2n) is 6.02. The van der Waals surface area contributed by atoms with Crippen molar-refractivity contribution in [2.45, 2.75) is 18.9 Å². The molecule has 0 radical (unpaired) electrons. The smallest absolute Gasteiger partial charge is 0.140 e. The Labute approximate surface area is 140 Å². The number of imidazole rings is 1. The number of nitrogens with zero attached hydrogens (tertiary/aromatic N) is 3. The molecule has 1 saturated heterocycles. The number of benzene rings is 1. The van der Waals surface area contributed by atoms with Crippen LogP contribution in [0.3, 0.4) is 0 Å². The quantitative estimate of drug-likeness (QED) is 0.773. The van der Waals surface area contributed by atoms with E-state index in [1.807, 2.05) is 41.0 Å². The van der Waals surface area contributed by atoms with Crippen LogP contribution in [0.2, 0.25) is 0 Å². The monoisotopic (exact) mass is 323 g/mol. The summed E-state index contributed by atoms with van der Waals surface area (Å²) in [5, 5.41) is 6.93. The first-order chi connectivity index (χ1) is 11.8. The molecule has 6 nitrogen and oxygen atoms in total. The van der Waals surface area contributed by atoms with E-state index in [2.05, 4.69) is 15.6 Å². The van der Waals surface area contributed by atoms with Crippen LogP contribution in [-0.2, 0) is 0 Å².